The highest BCUT2D eigenvalue weighted by Crippen LogP contribution is 2.67. The van der Waals surface area contributed by atoms with Crippen molar-refractivity contribution in [2.45, 2.75) is 139 Å². The van der Waals surface area contributed by atoms with Crippen LogP contribution in [-0.2, 0) is 14.4 Å². The van der Waals surface area contributed by atoms with Crippen molar-refractivity contribution in [3.8, 4) is 0 Å². The lowest BCUT2D eigenvalue weighted by atomic mass is 9.38. The number of carbonyl (C=O) groups is 3. The van der Waals surface area contributed by atoms with Gasteiger partial charge in [0.2, 0.25) is 0 Å². The van der Waals surface area contributed by atoms with E-state index in [1.54, 1.807) is 20.9 Å². The number of hydrogen-bond donors (Lipinski definition) is 6. The second-order valence-corrected chi connectivity index (χ2v) is 16.3. The van der Waals surface area contributed by atoms with E-state index in [1.807, 2.05) is 74.5 Å². The Labute approximate surface area is 312 Å². The van der Waals surface area contributed by atoms with Gasteiger partial charge in [0.1, 0.15) is 18.3 Å². The molecule has 1 fully saturated rings. The lowest BCUT2D eigenvalue weighted by molar-refractivity contribution is -0.330. The van der Waals surface area contributed by atoms with Gasteiger partial charge in [0, 0.05) is 17.9 Å². The third-order valence-corrected chi connectivity index (χ3v) is 10.7. The first-order chi connectivity index (χ1) is 24.0. The van der Waals surface area contributed by atoms with Gasteiger partial charge >= 0.3 is 0 Å². The number of aliphatic hydroxyl groups is 5. The molecule has 52 heavy (non-hydrogen) atoms. The zero-order valence-corrected chi connectivity index (χ0v) is 33.8. The van der Waals surface area contributed by atoms with E-state index in [-0.39, 0.29) is 42.4 Å². The fourth-order valence-corrected chi connectivity index (χ4v) is 7.58. The van der Waals surface area contributed by atoms with Crippen molar-refractivity contribution in [2.75, 3.05) is 20.2 Å². The number of fused-ring (bicyclic) bond motifs is 2. The molecule has 296 valence electrons. The molecular formula is C42H68NO9-. The molecule has 0 aromatic heterocycles. The highest BCUT2D eigenvalue weighted by Gasteiger charge is 2.74. The fraction of sp³-hybridized carbons (Fsp3) is 0.690. The smallest absolute Gasteiger partial charge is 0.179 e. The van der Waals surface area contributed by atoms with Crippen molar-refractivity contribution in [3.05, 3.63) is 57.9 Å². The monoisotopic (exact) mass is 730 g/mol. The van der Waals surface area contributed by atoms with Crippen LogP contribution in [0.5, 0.6) is 0 Å². The standard InChI is InChI=1S/C35H52O4.C7H17NO5/c1-22(2)13-12-19-33(11)27(16-14-23(3)4)21-34(20-18-25(7)8)30(37)28(17-15-24(5)6)31(38)35(33,32(34)39)29(36)26(9)10;1-8-2-4(10)6(12)7(13)5(11)3-9/h13-15,18,26-27,37H,12,16-17,19-21H2,1-11H3;4-13H,2-3H2,1H3/p-1/t27?,33-,34-,35+;/m1./s1. The van der Waals surface area contributed by atoms with Crippen molar-refractivity contribution < 1.29 is 45.0 Å². The zero-order chi connectivity index (χ0) is 40.4. The number of aliphatic hydroxyl groups excluding tert-OH is 5. The molecule has 0 heterocycles. The summed E-state index contributed by atoms with van der Waals surface area (Å²) in [5.74, 6) is -2.39. The Morgan fingerprint density at radius 1 is 0.865 bits per heavy atom. The van der Waals surface area contributed by atoms with Gasteiger partial charge in [-0.1, -0.05) is 67.4 Å². The first kappa shape index (κ1) is 47.3. The first-order valence-corrected chi connectivity index (χ1v) is 18.6. The molecule has 10 heteroatoms. The van der Waals surface area contributed by atoms with Crippen LogP contribution in [0.4, 0.5) is 0 Å². The summed E-state index contributed by atoms with van der Waals surface area (Å²) >= 11 is 0. The third kappa shape index (κ3) is 10.3. The van der Waals surface area contributed by atoms with Crippen molar-refractivity contribution in [1.29, 1.82) is 0 Å². The van der Waals surface area contributed by atoms with Gasteiger partial charge in [0.15, 0.2) is 22.8 Å². The molecule has 10 nitrogen and oxygen atoms in total. The van der Waals surface area contributed by atoms with E-state index in [0.29, 0.717) is 25.7 Å². The van der Waals surface area contributed by atoms with Crippen LogP contribution in [0.15, 0.2) is 57.9 Å². The van der Waals surface area contributed by atoms with E-state index in [2.05, 4.69) is 17.5 Å². The molecule has 0 aliphatic heterocycles. The number of rotatable bonds is 17. The Morgan fingerprint density at radius 2 is 1.38 bits per heavy atom. The molecule has 0 spiro atoms. The number of nitrogens with one attached hydrogen (secondary N) is 1. The molecule has 0 aromatic carbocycles. The summed E-state index contributed by atoms with van der Waals surface area (Å²) in [6.45, 7) is 20.9. The Morgan fingerprint density at radius 3 is 1.85 bits per heavy atom. The van der Waals surface area contributed by atoms with Gasteiger partial charge in [0.25, 0.3) is 0 Å². The van der Waals surface area contributed by atoms with Crippen LogP contribution in [-0.4, -0.2) is 87.5 Å². The molecule has 0 radical (unpaired) electrons. The molecule has 0 amide bonds. The average molecular weight is 731 g/mol. The number of carbonyl (C=O) groups excluding carboxylic acids is 3. The van der Waals surface area contributed by atoms with E-state index < -0.39 is 64.8 Å². The molecule has 5 unspecified atom stereocenters. The normalized spacial score (nSPS) is 26.4. The maximum atomic E-state index is 15.0. The Balaban J connectivity index is 0.000000880. The van der Waals surface area contributed by atoms with Gasteiger partial charge in [-0.15, -0.1) is 5.76 Å². The number of allylic oxidation sites excluding steroid dienone is 10. The Hall–Kier alpha value is -2.73. The van der Waals surface area contributed by atoms with Crippen molar-refractivity contribution in [3.63, 3.8) is 0 Å². The zero-order valence-electron chi connectivity index (χ0n) is 33.8. The lowest BCUT2D eigenvalue weighted by Crippen LogP contribution is -2.71. The van der Waals surface area contributed by atoms with Gasteiger partial charge < -0.3 is 36.0 Å². The van der Waals surface area contributed by atoms with Crippen LogP contribution in [0.3, 0.4) is 0 Å². The fourth-order valence-electron chi connectivity index (χ4n) is 7.58. The summed E-state index contributed by atoms with van der Waals surface area (Å²) in [6.07, 6.45) is 4.97. The molecule has 6 N–H and O–H groups in total. The molecular weight excluding hydrogens is 662 g/mol. The molecule has 8 atom stereocenters. The lowest BCUT2D eigenvalue weighted by Gasteiger charge is -2.63. The molecule has 2 aliphatic carbocycles. The van der Waals surface area contributed by atoms with Crippen LogP contribution >= 0.6 is 0 Å². The van der Waals surface area contributed by atoms with Gasteiger partial charge in [-0.05, 0) is 118 Å². The third-order valence-electron chi connectivity index (χ3n) is 10.7. The van der Waals surface area contributed by atoms with E-state index in [0.717, 1.165) is 22.3 Å². The highest BCUT2D eigenvalue weighted by atomic mass is 16.4. The molecule has 0 saturated heterocycles. The van der Waals surface area contributed by atoms with Crippen LogP contribution in [0, 0.1) is 28.1 Å². The minimum atomic E-state index is -1.87. The predicted molar refractivity (Wildman–Crippen MR) is 204 cm³/mol. The van der Waals surface area contributed by atoms with E-state index in [9.17, 15) is 24.6 Å². The van der Waals surface area contributed by atoms with Crippen LogP contribution in [0.25, 0.3) is 0 Å². The maximum absolute atomic E-state index is 15.0. The van der Waals surface area contributed by atoms with Crippen LogP contribution in [0.1, 0.15) is 115 Å². The quantitative estimate of drug-likeness (QED) is 0.0923. The van der Waals surface area contributed by atoms with Gasteiger partial charge in [-0.3, -0.25) is 14.4 Å². The topological polar surface area (TPSA) is 187 Å². The SMILES string of the molecule is CC(C)=CCC[C@]1(C)C(CC=C(C)C)C[C@@]2(CC=C(C)C)C(=O)[C@]1(C(=O)C(C)C)C(=O)C(CC=C(C)C)=C2[O-].CNCC(O)C(O)C(O)C(O)CO. The van der Waals surface area contributed by atoms with Crippen molar-refractivity contribution in [1.82, 2.24) is 5.32 Å². The Kier molecular flexibility index (Phi) is 18.3. The average Bonchev–Trinajstić information content (AvgIpc) is 3.06. The maximum Gasteiger partial charge on any atom is 0.179 e. The van der Waals surface area contributed by atoms with Gasteiger partial charge in [-0.25, -0.2) is 0 Å². The van der Waals surface area contributed by atoms with E-state index in [4.69, 9.17) is 20.4 Å². The Bertz CT molecular complexity index is 1410. The van der Waals surface area contributed by atoms with Crippen molar-refractivity contribution in [2.24, 2.45) is 28.1 Å². The second-order valence-electron chi connectivity index (χ2n) is 16.3. The summed E-state index contributed by atoms with van der Waals surface area (Å²) in [5.41, 5.74) is 0.212. The number of ketones is 3. The molecule has 2 rings (SSSR count). The summed E-state index contributed by atoms with van der Waals surface area (Å²) in [5, 5.41) is 61.8. The van der Waals surface area contributed by atoms with Crippen LogP contribution < -0.4 is 10.4 Å². The van der Waals surface area contributed by atoms with Gasteiger partial charge in [-0.2, -0.15) is 0 Å². The number of likely N-dealkylation sites (N-methyl/N-ethyl adjacent to an activating group) is 1. The summed E-state index contributed by atoms with van der Waals surface area (Å²) in [6, 6.07) is 0. The predicted octanol–water partition coefficient (Wildman–Crippen LogP) is 4.43. The van der Waals surface area contributed by atoms with Gasteiger partial charge in [0.05, 0.1) is 12.7 Å². The minimum Gasteiger partial charge on any atom is -0.874 e. The second kappa shape index (κ2) is 20.1. The number of hydrogen-bond acceptors (Lipinski definition) is 10. The summed E-state index contributed by atoms with van der Waals surface area (Å²) in [7, 11) is 1.57. The minimum absolute atomic E-state index is 0.0936. The molecule has 0 aromatic rings. The van der Waals surface area contributed by atoms with Crippen LogP contribution in [0.2, 0.25) is 0 Å². The first-order valence-electron chi connectivity index (χ1n) is 18.6. The molecule has 2 bridgehead atoms. The van der Waals surface area contributed by atoms with E-state index in [1.165, 1.54) is 0 Å². The van der Waals surface area contributed by atoms with E-state index >= 15 is 0 Å². The molecule has 2 aliphatic rings. The number of Topliss-reactive ketones (excluding diaryl/α,β-unsaturated/α-hetero) is 3. The molecule has 1 saturated carbocycles. The summed E-state index contributed by atoms with van der Waals surface area (Å²) < 4.78 is 0. The highest BCUT2D eigenvalue weighted by molar-refractivity contribution is 6.33. The summed E-state index contributed by atoms with van der Waals surface area (Å²) in [4.78, 5) is 44.2. The largest absolute Gasteiger partial charge is 0.874 e. The van der Waals surface area contributed by atoms with Crippen molar-refractivity contribution >= 4 is 17.3 Å².